The lowest BCUT2D eigenvalue weighted by Gasteiger charge is -2.03. The van der Waals surface area contributed by atoms with Gasteiger partial charge in [-0.25, -0.2) is 18.4 Å². The Morgan fingerprint density at radius 2 is 1.81 bits per heavy atom. The minimum atomic E-state index is -0.589. The molecule has 6 heteroatoms. The van der Waals surface area contributed by atoms with Crippen molar-refractivity contribution in [3.63, 3.8) is 0 Å². The second-order valence-electron chi connectivity index (χ2n) is 4.51. The van der Waals surface area contributed by atoms with Crippen molar-refractivity contribution in [3.05, 3.63) is 69.6 Å². The van der Waals surface area contributed by atoms with Crippen LogP contribution in [-0.4, -0.2) is 14.8 Å². The van der Waals surface area contributed by atoms with Crippen LogP contribution in [0.3, 0.4) is 0 Å². The molecule has 0 bridgehead atoms. The molecule has 0 atom stereocenters. The van der Waals surface area contributed by atoms with Crippen LogP contribution in [0.15, 0.2) is 48.8 Å². The lowest BCUT2D eigenvalue weighted by atomic mass is 10.2. The molecule has 0 saturated carbocycles. The van der Waals surface area contributed by atoms with Crippen LogP contribution in [-0.2, 0) is 6.54 Å². The van der Waals surface area contributed by atoms with E-state index >= 15 is 0 Å². The molecule has 0 aliphatic heterocycles. The van der Waals surface area contributed by atoms with E-state index in [2.05, 4.69) is 32.7 Å². The summed E-state index contributed by atoms with van der Waals surface area (Å²) in [5.41, 5.74) is 1.27. The summed E-state index contributed by atoms with van der Waals surface area (Å²) < 4.78 is 29.1. The second-order valence-corrected chi connectivity index (χ2v) is 5.75. The summed E-state index contributed by atoms with van der Waals surface area (Å²) in [5.74, 6) is -0.593. The van der Waals surface area contributed by atoms with Crippen LogP contribution in [0.2, 0.25) is 0 Å². The third kappa shape index (κ3) is 3.26. The summed E-state index contributed by atoms with van der Waals surface area (Å²) in [4.78, 5) is 4.21. The molecule has 0 unspecified atom stereocenters. The number of hydrogen-bond donors (Lipinski definition) is 0. The van der Waals surface area contributed by atoms with Crippen LogP contribution in [0.5, 0.6) is 0 Å². The molecule has 3 aromatic rings. The largest absolute Gasteiger partial charge is 0.248 e. The molecule has 106 valence electrons. The molecule has 1 aromatic heterocycles. The molecule has 0 radical (unpaired) electrons. The normalized spacial score (nSPS) is 10.8. The van der Waals surface area contributed by atoms with Crippen LogP contribution < -0.4 is 0 Å². The average Bonchev–Trinajstić information content (AvgIpc) is 2.91. The number of benzene rings is 2. The molecular weight excluding hydrogens is 387 g/mol. The number of halogens is 3. The summed E-state index contributed by atoms with van der Waals surface area (Å²) >= 11 is 2.22. The quantitative estimate of drug-likeness (QED) is 0.629. The van der Waals surface area contributed by atoms with Crippen LogP contribution in [0, 0.1) is 15.2 Å². The van der Waals surface area contributed by atoms with E-state index in [9.17, 15) is 8.78 Å². The topological polar surface area (TPSA) is 30.7 Å². The first-order valence-electron chi connectivity index (χ1n) is 6.21. The van der Waals surface area contributed by atoms with Crippen LogP contribution in [0.25, 0.3) is 11.4 Å². The predicted molar refractivity (Wildman–Crippen MR) is 83.6 cm³/mol. The highest BCUT2D eigenvalue weighted by molar-refractivity contribution is 14.1. The van der Waals surface area contributed by atoms with E-state index in [1.807, 2.05) is 24.3 Å². The van der Waals surface area contributed by atoms with Gasteiger partial charge < -0.3 is 0 Å². The lowest BCUT2D eigenvalue weighted by Crippen LogP contribution is -2.03. The Morgan fingerprint density at radius 3 is 2.52 bits per heavy atom. The van der Waals surface area contributed by atoms with Crippen molar-refractivity contribution in [2.75, 3.05) is 0 Å². The third-order valence-corrected chi connectivity index (χ3v) is 3.71. The van der Waals surface area contributed by atoms with E-state index in [1.54, 1.807) is 0 Å². The zero-order chi connectivity index (χ0) is 14.8. The monoisotopic (exact) mass is 397 g/mol. The van der Waals surface area contributed by atoms with E-state index in [4.69, 9.17) is 0 Å². The molecular formula is C15H10F2IN3. The third-order valence-electron chi connectivity index (χ3n) is 2.99. The van der Waals surface area contributed by atoms with Crippen molar-refractivity contribution in [1.29, 1.82) is 0 Å². The van der Waals surface area contributed by atoms with E-state index < -0.39 is 11.6 Å². The fourth-order valence-corrected chi connectivity index (χ4v) is 2.29. The highest BCUT2D eigenvalue weighted by Gasteiger charge is 2.08. The lowest BCUT2D eigenvalue weighted by molar-refractivity contribution is 0.558. The van der Waals surface area contributed by atoms with Crippen molar-refractivity contribution < 1.29 is 8.78 Å². The highest BCUT2D eigenvalue weighted by Crippen LogP contribution is 2.17. The Kier molecular flexibility index (Phi) is 3.96. The summed E-state index contributed by atoms with van der Waals surface area (Å²) in [6.45, 7) is 0.212. The fraction of sp³-hybridized carbons (Fsp3) is 0.0667. The molecule has 0 aliphatic rings. The van der Waals surface area contributed by atoms with Crippen LogP contribution in [0.1, 0.15) is 5.56 Å². The maximum absolute atomic E-state index is 13.6. The highest BCUT2D eigenvalue weighted by atomic mass is 127. The van der Waals surface area contributed by atoms with Gasteiger partial charge in [0.15, 0.2) is 5.82 Å². The van der Waals surface area contributed by atoms with Gasteiger partial charge in [0.25, 0.3) is 0 Å². The van der Waals surface area contributed by atoms with Crippen LogP contribution >= 0.6 is 22.6 Å². The van der Waals surface area contributed by atoms with Crippen molar-refractivity contribution in [2.24, 2.45) is 0 Å². The number of hydrogen-bond acceptors (Lipinski definition) is 2. The SMILES string of the molecule is Fc1ccc(Cn2cnc(-c3ccc(I)cc3)n2)c(F)c1. The first-order valence-corrected chi connectivity index (χ1v) is 7.29. The van der Waals surface area contributed by atoms with Gasteiger partial charge in [-0.05, 0) is 40.8 Å². The van der Waals surface area contributed by atoms with E-state index in [0.717, 1.165) is 15.2 Å². The number of rotatable bonds is 3. The zero-order valence-electron chi connectivity index (χ0n) is 10.8. The van der Waals surface area contributed by atoms with Crippen molar-refractivity contribution in [1.82, 2.24) is 14.8 Å². The molecule has 0 spiro atoms. The van der Waals surface area contributed by atoms with Gasteiger partial charge in [0.05, 0.1) is 6.54 Å². The number of aromatic nitrogens is 3. The maximum Gasteiger partial charge on any atom is 0.181 e. The standard InChI is InChI=1S/C15H10F2IN3/c16-12-4-1-11(14(17)7-12)8-21-9-19-15(20-21)10-2-5-13(18)6-3-10/h1-7,9H,8H2. The summed E-state index contributed by atoms with van der Waals surface area (Å²) in [7, 11) is 0. The molecule has 3 rings (SSSR count). The Bertz CT molecular complexity index is 769. The van der Waals surface area contributed by atoms with Gasteiger partial charge in [-0.3, -0.25) is 0 Å². The van der Waals surface area contributed by atoms with Gasteiger partial charge in [-0.15, -0.1) is 0 Å². The molecule has 0 saturated heterocycles. The Labute approximate surface area is 133 Å². The van der Waals surface area contributed by atoms with Crippen molar-refractivity contribution in [3.8, 4) is 11.4 Å². The van der Waals surface area contributed by atoms with Gasteiger partial charge in [0.2, 0.25) is 0 Å². The average molecular weight is 397 g/mol. The zero-order valence-corrected chi connectivity index (χ0v) is 13.0. The second kappa shape index (κ2) is 5.88. The van der Waals surface area contributed by atoms with E-state index in [1.165, 1.54) is 23.1 Å². The molecule has 2 aromatic carbocycles. The summed E-state index contributed by atoms with van der Waals surface area (Å²) in [5, 5.41) is 4.31. The molecule has 0 fully saturated rings. The van der Waals surface area contributed by atoms with Gasteiger partial charge in [0, 0.05) is 20.8 Å². The molecule has 1 heterocycles. The minimum Gasteiger partial charge on any atom is -0.248 e. The van der Waals surface area contributed by atoms with E-state index in [0.29, 0.717) is 11.4 Å². The molecule has 0 N–H and O–H groups in total. The minimum absolute atomic E-state index is 0.212. The van der Waals surface area contributed by atoms with Crippen molar-refractivity contribution in [2.45, 2.75) is 6.54 Å². The molecule has 21 heavy (non-hydrogen) atoms. The molecule has 0 amide bonds. The number of nitrogens with zero attached hydrogens (tertiary/aromatic N) is 3. The van der Waals surface area contributed by atoms with Gasteiger partial charge in [0.1, 0.15) is 18.0 Å². The van der Waals surface area contributed by atoms with Gasteiger partial charge in [-0.2, -0.15) is 5.10 Å². The first kappa shape index (κ1) is 14.1. The van der Waals surface area contributed by atoms with Gasteiger partial charge >= 0.3 is 0 Å². The molecule has 0 aliphatic carbocycles. The smallest absolute Gasteiger partial charge is 0.181 e. The van der Waals surface area contributed by atoms with E-state index in [-0.39, 0.29) is 6.54 Å². The van der Waals surface area contributed by atoms with Crippen LogP contribution in [0.4, 0.5) is 8.78 Å². The molecule has 3 nitrogen and oxygen atoms in total. The summed E-state index contributed by atoms with van der Waals surface area (Å²) in [6.07, 6.45) is 1.54. The Balaban J connectivity index is 1.83. The van der Waals surface area contributed by atoms with Gasteiger partial charge in [-0.1, -0.05) is 18.2 Å². The Hall–Kier alpha value is -1.83. The van der Waals surface area contributed by atoms with Crippen molar-refractivity contribution >= 4 is 22.6 Å². The fourth-order valence-electron chi connectivity index (χ4n) is 1.93. The first-order chi connectivity index (χ1) is 10.1. The maximum atomic E-state index is 13.6. The predicted octanol–water partition coefficient (Wildman–Crippen LogP) is 3.88. The Morgan fingerprint density at radius 1 is 1.05 bits per heavy atom. The summed E-state index contributed by atoms with van der Waals surface area (Å²) in [6, 6.07) is 11.3.